The first-order valence-electron chi connectivity index (χ1n) is 8.53. The number of aromatic nitrogens is 5. The smallest absolute Gasteiger partial charge is 0.224 e. The monoisotopic (exact) mass is 338 g/mol. The second-order valence-corrected chi connectivity index (χ2v) is 6.75. The number of nitrogens with zero attached hydrogens (tertiary/aromatic N) is 5. The van der Waals surface area contributed by atoms with Gasteiger partial charge in [-0.3, -0.25) is 4.68 Å². The van der Waals surface area contributed by atoms with Crippen molar-refractivity contribution >= 4 is 5.95 Å². The predicted molar refractivity (Wildman–Crippen MR) is 95.3 cm³/mol. The van der Waals surface area contributed by atoms with E-state index >= 15 is 0 Å². The van der Waals surface area contributed by atoms with Crippen LogP contribution in [-0.4, -0.2) is 30.9 Å². The van der Waals surface area contributed by atoms with Gasteiger partial charge in [0.05, 0.1) is 28.3 Å². The molecule has 0 radical (unpaired) electrons. The van der Waals surface area contributed by atoms with Crippen molar-refractivity contribution in [3.8, 4) is 22.5 Å². The van der Waals surface area contributed by atoms with Crippen molar-refractivity contribution in [2.75, 3.05) is 5.32 Å². The van der Waals surface area contributed by atoms with Gasteiger partial charge in [0.15, 0.2) is 0 Å². The van der Waals surface area contributed by atoms with E-state index in [0.29, 0.717) is 12.0 Å². The summed E-state index contributed by atoms with van der Waals surface area (Å²) in [6.07, 6.45) is 2.33. The van der Waals surface area contributed by atoms with E-state index < -0.39 is 0 Å². The summed E-state index contributed by atoms with van der Waals surface area (Å²) in [5.41, 5.74) is 6.56. The van der Waals surface area contributed by atoms with Gasteiger partial charge < -0.3 is 9.84 Å². The fourth-order valence-electron chi connectivity index (χ4n) is 3.17. The Bertz CT molecular complexity index is 931. The highest BCUT2D eigenvalue weighted by Crippen LogP contribution is 2.33. The lowest BCUT2D eigenvalue weighted by Crippen LogP contribution is -2.07. The molecule has 3 heterocycles. The lowest BCUT2D eigenvalue weighted by molar-refractivity contribution is 0.393. The van der Waals surface area contributed by atoms with E-state index in [0.717, 1.165) is 45.4 Å². The average Bonchev–Trinajstić information content (AvgIpc) is 3.24. The Labute approximate surface area is 146 Å². The van der Waals surface area contributed by atoms with Crippen LogP contribution in [0.1, 0.15) is 35.7 Å². The molecule has 1 saturated carbocycles. The van der Waals surface area contributed by atoms with E-state index in [1.54, 1.807) is 0 Å². The molecule has 1 fully saturated rings. The van der Waals surface area contributed by atoms with Gasteiger partial charge in [0.2, 0.25) is 5.95 Å². The van der Waals surface area contributed by atoms with Gasteiger partial charge in [-0.1, -0.05) is 5.16 Å². The van der Waals surface area contributed by atoms with Crippen molar-refractivity contribution < 1.29 is 4.52 Å². The largest absolute Gasteiger partial charge is 0.361 e. The zero-order valence-corrected chi connectivity index (χ0v) is 15.2. The Balaban J connectivity index is 1.90. The van der Waals surface area contributed by atoms with Crippen LogP contribution in [0.4, 0.5) is 5.95 Å². The molecule has 4 rings (SSSR count). The van der Waals surface area contributed by atoms with Crippen LogP contribution in [0.3, 0.4) is 0 Å². The highest BCUT2D eigenvalue weighted by Gasteiger charge is 2.24. The van der Waals surface area contributed by atoms with Crippen LogP contribution in [0.25, 0.3) is 22.5 Å². The number of anilines is 1. The molecule has 0 unspecified atom stereocenters. The summed E-state index contributed by atoms with van der Waals surface area (Å²) >= 11 is 0. The Morgan fingerprint density at radius 3 is 2.24 bits per heavy atom. The minimum absolute atomic E-state index is 0.476. The first-order valence-corrected chi connectivity index (χ1v) is 8.53. The van der Waals surface area contributed by atoms with Crippen molar-refractivity contribution in [1.29, 1.82) is 0 Å². The molecule has 0 atom stereocenters. The maximum absolute atomic E-state index is 5.33. The standard InChI is InChI=1S/C18H22N6O/c1-9-16(11(3)24(5)22-9)14-8-15(17-10(2)23-25-12(17)4)21-18(20-14)19-13-6-7-13/h8,13H,6-7H2,1-5H3,(H,19,20,21). The summed E-state index contributed by atoms with van der Waals surface area (Å²) in [7, 11) is 1.95. The molecular formula is C18H22N6O. The maximum atomic E-state index is 5.33. The molecule has 0 aliphatic heterocycles. The van der Waals surface area contributed by atoms with Gasteiger partial charge in [0.25, 0.3) is 0 Å². The fourth-order valence-corrected chi connectivity index (χ4v) is 3.17. The number of hydrogen-bond donors (Lipinski definition) is 1. The minimum atomic E-state index is 0.476. The third-order valence-electron chi connectivity index (χ3n) is 4.69. The number of aryl methyl sites for hydroxylation is 4. The lowest BCUT2D eigenvalue weighted by atomic mass is 10.1. The summed E-state index contributed by atoms with van der Waals surface area (Å²) in [5.74, 6) is 1.41. The first-order chi connectivity index (χ1) is 11.9. The molecule has 3 aromatic heterocycles. The molecule has 1 aliphatic carbocycles. The van der Waals surface area contributed by atoms with Crippen LogP contribution in [0.5, 0.6) is 0 Å². The zero-order chi connectivity index (χ0) is 17.7. The molecule has 0 amide bonds. The first kappa shape index (κ1) is 15.8. The quantitative estimate of drug-likeness (QED) is 0.786. The second kappa shape index (κ2) is 5.68. The van der Waals surface area contributed by atoms with Crippen molar-refractivity contribution in [3.63, 3.8) is 0 Å². The van der Waals surface area contributed by atoms with Crippen LogP contribution >= 0.6 is 0 Å². The van der Waals surface area contributed by atoms with Crippen molar-refractivity contribution in [3.05, 3.63) is 28.9 Å². The van der Waals surface area contributed by atoms with Crippen molar-refractivity contribution in [1.82, 2.24) is 24.9 Å². The molecule has 0 saturated heterocycles. The van der Waals surface area contributed by atoms with Gasteiger partial charge in [-0.2, -0.15) is 5.10 Å². The Morgan fingerprint density at radius 2 is 1.72 bits per heavy atom. The molecule has 130 valence electrons. The Hall–Kier alpha value is -2.70. The molecule has 0 bridgehead atoms. The third-order valence-corrected chi connectivity index (χ3v) is 4.69. The van der Waals surface area contributed by atoms with E-state index in [2.05, 4.69) is 22.5 Å². The van der Waals surface area contributed by atoms with E-state index in [-0.39, 0.29) is 0 Å². The second-order valence-electron chi connectivity index (χ2n) is 6.75. The summed E-state index contributed by atoms with van der Waals surface area (Å²) in [4.78, 5) is 9.48. The number of rotatable bonds is 4. The van der Waals surface area contributed by atoms with Crippen LogP contribution in [0.15, 0.2) is 10.6 Å². The van der Waals surface area contributed by atoms with Gasteiger partial charge >= 0.3 is 0 Å². The van der Waals surface area contributed by atoms with E-state index in [1.165, 1.54) is 12.8 Å². The van der Waals surface area contributed by atoms with Gasteiger partial charge in [0, 0.05) is 24.3 Å². The number of nitrogens with one attached hydrogen (secondary N) is 1. The average molecular weight is 338 g/mol. The molecule has 7 nitrogen and oxygen atoms in total. The third kappa shape index (κ3) is 2.79. The normalized spacial score (nSPS) is 14.1. The van der Waals surface area contributed by atoms with Crippen LogP contribution in [0, 0.1) is 27.7 Å². The fraction of sp³-hybridized carbons (Fsp3) is 0.444. The molecule has 1 aliphatic rings. The molecule has 1 N–H and O–H groups in total. The minimum Gasteiger partial charge on any atom is -0.361 e. The Morgan fingerprint density at radius 1 is 1.04 bits per heavy atom. The van der Waals surface area contributed by atoms with Gasteiger partial charge in [-0.25, -0.2) is 9.97 Å². The van der Waals surface area contributed by atoms with Crippen LogP contribution in [0.2, 0.25) is 0 Å². The van der Waals surface area contributed by atoms with Gasteiger partial charge in [-0.15, -0.1) is 0 Å². The molecule has 25 heavy (non-hydrogen) atoms. The summed E-state index contributed by atoms with van der Waals surface area (Å²) in [6, 6.07) is 2.48. The maximum Gasteiger partial charge on any atom is 0.224 e. The predicted octanol–water partition coefficient (Wildman–Crippen LogP) is 3.34. The van der Waals surface area contributed by atoms with E-state index in [9.17, 15) is 0 Å². The summed E-state index contributed by atoms with van der Waals surface area (Å²) in [5, 5.41) is 12.0. The number of hydrogen-bond acceptors (Lipinski definition) is 6. The van der Waals surface area contributed by atoms with E-state index in [4.69, 9.17) is 14.5 Å². The van der Waals surface area contributed by atoms with E-state index in [1.807, 2.05) is 38.6 Å². The zero-order valence-electron chi connectivity index (χ0n) is 15.2. The van der Waals surface area contributed by atoms with Gasteiger partial charge in [-0.05, 0) is 46.6 Å². The lowest BCUT2D eigenvalue weighted by Gasteiger charge is -2.10. The Kier molecular flexibility index (Phi) is 3.59. The summed E-state index contributed by atoms with van der Waals surface area (Å²) in [6.45, 7) is 7.91. The van der Waals surface area contributed by atoms with Crippen molar-refractivity contribution in [2.24, 2.45) is 7.05 Å². The topological polar surface area (TPSA) is 81.7 Å². The molecule has 7 heteroatoms. The highest BCUT2D eigenvalue weighted by molar-refractivity contribution is 5.73. The van der Waals surface area contributed by atoms with Crippen molar-refractivity contribution in [2.45, 2.75) is 46.6 Å². The van der Waals surface area contributed by atoms with Gasteiger partial charge in [0.1, 0.15) is 5.76 Å². The van der Waals surface area contributed by atoms with Crippen LogP contribution in [-0.2, 0) is 7.05 Å². The SMILES string of the molecule is Cc1noc(C)c1-c1cc(-c2c(C)nn(C)c2C)nc(NC2CC2)n1. The van der Waals surface area contributed by atoms with Crippen LogP contribution < -0.4 is 5.32 Å². The molecule has 0 spiro atoms. The highest BCUT2D eigenvalue weighted by atomic mass is 16.5. The molecular weight excluding hydrogens is 316 g/mol. The molecule has 3 aromatic rings. The summed E-state index contributed by atoms with van der Waals surface area (Å²) < 4.78 is 7.22. The molecule has 0 aromatic carbocycles.